The Morgan fingerprint density at radius 1 is 1.11 bits per heavy atom. The zero-order chi connectivity index (χ0) is 19.6. The van der Waals surface area contributed by atoms with Crippen LogP contribution in [-0.4, -0.2) is 26.2 Å². The van der Waals surface area contributed by atoms with Crippen LogP contribution in [0.4, 0.5) is 0 Å². The number of hydrogen-bond acceptors (Lipinski definition) is 5. The summed E-state index contributed by atoms with van der Waals surface area (Å²) < 4.78 is 15.9. The minimum Gasteiger partial charge on any atom is -0.497 e. The lowest BCUT2D eigenvalue weighted by Crippen LogP contribution is -2.37. The molecule has 1 aliphatic heterocycles. The van der Waals surface area contributed by atoms with Crippen molar-refractivity contribution in [2.75, 3.05) is 14.2 Å². The molecule has 0 radical (unpaired) electrons. The SMILES string of the molecule is COC(=O)C1(Cc2ccc(OC)cc2)CC(=O)OC1c1ccc(C)c(C)c1. The van der Waals surface area contributed by atoms with Gasteiger partial charge < -0.3 is 14.2 Å². The Morgan fingerprint density at radius 2 is 1.81 bits per heavy atom. The predicted molar refractivity (Wildman–Crippen MR) is 101 cm³/mol. The van der Waals surface area contributed by atoms with E-state index >= 15 is 0 Å². The Kier molecular flexibility index (Phi) is 5.22. The summed E-state index contributed by atoms with van der Waals surface area (Å²) in [7, 11) is 2.95. The maximum absolute atomic E-state index is 12.9. The summed E-state index contributed by atoms with van der Waals surface area (Å²) in [6, 6.07) is 13.3. The van der Waals surface area contributed by atoms with Gasteiger partial charge in [0.1, 0.15) is 17.3 Å². The van der Waals surface area contributed by atoms with E-state index in [1.54, 1.807) is 7.11 Å². The summed E-state index contributed by atoms with van der Waals surface area (Å²) in [5.41, 5.74) is 2.85. The van der Waals surface area contributed by atoms with E-state index in [9.17, 15) is 9.59 Å². The molecule has 0 saturated carbocycles. The summed E-state index contributed by atoms with van der Waals surface area (Å²) in [5.74, 6) is -0.0974. The van der Waals surface area contributed by atoms with E-state index in [4.69, 9.17) is 14.2 Å². The first-order valence-corrected chi connectivity index (χ1v) is 8.87. The van der Waals surface area contributed by atoms with Crippen molar-refractivity contribution in [1.82, 2.24) is 0 Å². The molecule has 2 atom stereocenters. The Balaban J connectivity index is 2.04. The number of cyclic esters (lactones) is 1. The van der Waals surface area contributed by atoms with Crippen LogP contribution >= 0.6 is 0 Å². The second kappa shape index (κ2) is 7.43. The Labute approximate surface area is 159 Å². The third-order valence-corrected chi connectivity index (χ3v) is 5.32. The molecule has 2 aromatic carbocycles. The molecular formula is C22H24O5. The summed E-state index contributed by atoms with van der Waals surface area (Å²) in [6.45, 7) is 4.02. The number of benzene rings is 2. The second-order valence-electron chi connectivity index (χ2n) is 7.06. The molecule has 1 fully saturated rings. The first-order chi connectivity index (χ1) is 12.9. The molecule has 0 aliphatic carbocycles. The van der Waals surface area contributed by atoms with Crippen LogP contribution in [0, 0.1) is 19.3 Å². The van der Waals surface area contributed by atoms with E-state index in [0.29, 0.717) is 6.42 Å². The number of hydrogen-bond donors (Lipinski definition) is 0. The molecule has 1 heterocycles. The van der Waals surface area contributed by atoms with Crippen LogP contribution in [0.5, 0.6) is 5.75 Å². The number of ether oxygens (including phenoxy) is 3. The van der Waals surface area contributed by atoms with Gasteiger partial charge in [0, 0.05) is 0 Å². The summed E-state index contributed by atoms with van der Waals surface area (Å²) in [4.78, 5) is 25.1. The fraction of sp³-hybridized carbons (Fsp3) is 0.364. The van der Waals surface area contributed by atoms with Gasteiger partial charge in [-0.1, -0.05) is 30.3 Å². The van der Waals surface area contributed by atoms with Crippen LogP contribution in [0.2, 0.25) is 0 Å². The average Bonchev–Trinajstić information content (AvgIpc) is 3.01. The maximum Gasteiger partial charge on any atom is 0.316 e. The lowest BCUT2D eigenvalue weighted by atomic mass is 9.73. The first-order valence-electron chi connectivity index (χ1n) is 8.87. The zero-order valence-electron chi connectivity index (χ0n) is 16.1. The first kappa shape index (κ1) is 19.0. The molecule has 27 heavy (non-hydrogen) atoms. The van der Waals surface area contributed by atoms with Gasteiger partial charge in [0.25, 0.3) is 0 Å². The molecular weight excluding hydrogens is 344 g/mol. The zero-order valence-corrected chi connectivity index (χ0v) is 16.1. The molecule has 0 N–H and O–H groups in total. The van der Waals surface area contributed by atoms with Crippen molar-refractivity contribution in [1.29, 1.82) is 0 Å². The van der Waals surface area contributed by atoms with E-state index in [-0.39, 0.29) is 6.42 Å². The Hall–Kier alpha value is -2.82. The van der Waals surface area contributed by atoms with Gasteiger partial charge in [0.15, 0.2) is 0 Å². The molecule has 1 aliphatic rings. The van der Waals surface area contributed by atoms with Crippen molar-refractivity contribution in [3.05, 3.63) is 64.7 Å². The van der Waals surface area contributed by atoms with E-state index in [2.05, 4.69) is 0 Å². The van der Waals surface area contributed by atoms with Crippen molar-refractivity contribution in [3.63, 3.8) is 0 Å². The highest BCUT2D eigenvalue weighted by Gasteiger charge is 2.56. The smallest absolute Gasteiger partial charge is 0.316 e. The molecule has 0 amide bonds. The molecule has 0 bridgehead atoms. The fourth-order valence-corrected chi connectivity index (χ4v) is 3.67. The van der Waals surface area contributed by atoms with Gasteiger partial charge in [0.05, 0.1) is 20.6 Å². The average molecular weight is 368 g/mol. The highest BCUT2D eigenvalue weighted by molar-refractivity contribution is 5.88. The topological polar surface area (TPSA) is 61.8 Å². The lowest BCUT2D eigenvalue weighted by Gasteiger charge is -2.30. The maximum atomic E-state index is 12.9. The van der Waals surface area contributed by atoms with Crippen molar-refractivity contribution in [2.24, 2.45) is 5.41 Å². The number of aryl methyl sites for hydroxylation is 2. The van der Waals surface area contributed by atoms with Gasteiger partial charge >= 0.3 is 11.9 Å². The van der Waals surface area contributed by atoms with Crippen LogP contribution in [0.3, 0.4) is 0 Å². The Bertz CT molecular complexity index is 856. The minimum atomic E-state index is -1.10. The molecule has 1 saturated heterocycles. The van der Waals surface area contributed by atoms with Crippen molar-refractivity contribution < 1.29 is 23.8 Å². The number of carbonyl (C=O) groups excluding carboxylic acids is 2. The van der Waals surface area contributed by atoms with E-state index in [1.165, 1.54) is 7.11 Å². The van der Waals surface area contributed by atoms with E-state index in [0.717, 1.165) is 28.0 Å². The highest BCUT2D eigenvalue weighted by Crippen LogP contribution is 2.49. The van der Waals surface area contributed by atoms with Crippen molar-refractivity contribution in [2.45, 2.75) is 32.8 Å². The van der Waals surface area contributed by atoms with Gasteiger partial charge in [-0.2, -0.15) is 0 Å². The largest absolute Gasteiger partial charge is 0.497 e. The monoisotopic (exact) mass is 368 g/mol. The molecule has 2 aromatic rings. The van der Waals surface area contributed by atoms with E-state index in [1.807, 2.05) is 56.3 Å². The van der Waals surface area contributed by atoms with Crippen LogP contribution in [0.1, 0.15) is 34.8 Å². The third-order valence-electron chi connectivity index (χ3n) is 5.32. The number of esters is 2. The normalized spacial score (nSPS) is 21.6. The van der Waals surface area contributed by atoms with Crippen molar-refractivity contribution in [3.8, 4) is 5.75 Å². The second-order valence-corrected chi connectivity index (χ2v) is 7.06. The predicted octanol–water partition coefficient (Wildman–Crippen LogP) is 3.70. The summed E-state index contributed by atoms with van der Waals surface area (Å²) in [5, 5.41) is 0. The molecule has 5 heteroatoms. The molecule has 0 aromatic heterocycles. The van der Waals surface area contributed by atoms with Crippen LogP contribution in [-0.2, 0) is 25.5 Å². The standard InChI is InChI=1S/C22H24O5/c1-14-5-8-17(11-15(14)2)20-22(21(24)26-4,13-19(23)27-20)12-16-6-9-18(25-3)10-7-16/h5-11,20H,12-13H2,1-4H3. The van der Waals surface area contributed by atoms with Crippen LogP contribution in [0.25, 0.3) is 0 Å². The summed E-state index contributed by atoms with van der Waals surface area (Å²) >= 11 is 0. The van der Waals surface area contributed by atoms with Gasteiger partial charge in [-0.15, -0.1) is 0 Å². The van der Waals surface area contributed by atoms with Gasteiger partial charge in [-0.25, -0.2) is 0 Å². The minimum absolute atomic E-state index is 0.0106. The third kappa shape index (κ3) is 3.54. The summed E-state index contributed by atoms with van der Waals surface area (Å²) in [6.07, 6.45) is -0.352. The van der Waals surface area contributed by atoms with Gasteiger partial charge in [-0.05, 0) is 54.7 Å². The fourth-order valence-electron chi connectivity index (χ4n) is 3.67. The molecule has 0 spiro atoms. The number of rotatable bonds is 5. The quantitative estimate of drug-likeness (QED) is 0.753. The molecule has 3 rings (SSSR count). The Morgan fingerprint density at radius 3 is 2.41 bits per heavy atom. The molecule has 2 unspecified atom stereocenters. The van der Waals surface area contributed by atoms with Crippen LogP contribution in [0.15, 0.2) is 42.5 Å². The van der Waals surface area contributed by atoms with Crippen molar-refractivity contribution >= 4 is 11.9 Å². The number of carbonyl (C=O) groups is 2. The van der Waals surface area contributed by atoms with Crippen LogP contribution < -0.4 is 4.74 Å². The van der Waals surface area contributed by atoms with Gasteiger partial charge in [0.2, 0.25) is 0 Å². The number of methoxy groups -OCH3 is 2. The van der Waals surface area contributed by atoms with E-state index < -0.39 is 23.5 Å². The molecule has 5 nitrogen and oxygen atoms in total. The van der Waals surface area contributed by atoms with Gasteiger partial charge in [-0.3, -0.25) is 9.59 Å². The molecule has 142 valence electrons. The highest BCUT2D eigenvalue weighted by atomic mass is 16.6. The lowest BCUT2D eigenvalue weighted by molar-refractivity contribution is -0.157.